The van der Waals surface area contributed by atoms with E-state index in [-0.39, 0.29) is 11.4 Å². The van der Waals surface area contributed by atoms with Gasteiger partial charge in [-0.1, -0.05) is 24.3 Å². The van der Waals surface area contributed by atoms with Crippen LogP contribution in [0.25, 0.3) is 0 Å². The molecule has 0 unspecified atom stereocenters. The Morgan fingerprint density at radius 3 is 2.61 bits per heavy atom. The van der Waals surface area contributed by atoms with Crippen molar-refractivity contribution < 1.29 is 14.5 Å². The number of rotatable bonds is 4. The van der Waals surface area contributed by atoms with E-state index in [1.807, 2.05) is 0 Å². The second-order valence-electron chi connectivity index (χ2n) is 3.52. The highest BCUT2D eigenvalue weighted by Crippen LogP contribution is 2.30. The molecule has 0 amide bonds. The molecule has 0 fully saturated rings. The number of para-hydroxylation sites is 2. The number of carbonyl (C=O) groups is 1. The quantitative estimate of drug-likeness (QED) is 0.469. The van der Waals surface area contributed by atoms with Crippen molar-refractivity contribution in [3.05, 3.63) is 64.2 Å². The summed E-state index contributed by atoms with van der Waals surface area (Å²) in [6.45, 7) is 0. The van der Waals surface area contributed by atoms with Crippen LogP contribution in [0.2, 0.25) is 0 Å². The number of nitro groups is 1. The first-order valence-corrected chi connectivity index (χ1v) is 5.17. The zero-order valence-electron chi connectivity index (χ0n) is 9.28. The highest BCUT2D eigenvalue weighted by atomic mass is 16.6. The molecule has 2 rings (SSSR count). The van der Waals surface area contributed by atoms with Crippen LogP contribution in [0.5, 0.6) is 11.5 Å². The van der Waals surface area contributed by atoms with Gasteiger partial charge in [-0.05, 0) is 18.2 Å². The van der Waals surface area contributed by atoms with Crippen LogP contribution >= 0.6 is 0 Å². The van der Waals surface area contributed by atoms with E-state index in [2.05, 4.69) is 0 Å². The third-order valence-corrected chi connectivity index (χ3v) is 2.28. The van der Waals surface area contributed by atoms with Gasteiger partial charge in [-0.3, -0.25) is 14.9 Å². The maximum Gasteiger partial charge on any atom is 0.311 e. The Hall–Kier alpha value is -2.69. The third-order valence-electron chi connectivity index (χ3n) is 2.28. The maximum absolute atomic E-state index is 10.8. The van der Waals surface area contributed by atoms with Crippen LogP contribution < -0.4 is 4.74 Å². The molecule has 90 valence electrons. The minimum atomic E-state index is -0.515. The van der Waals surface area contributed by atoms with Crippen molar-refractivity contribution >= 4 is 12.0 Å². The van der Waals surface area contributed by atoms with Gasteiger partial charge in [0.15, 0.2) is 0 Å². The number of hydrogen-bond acceptors (Lipinski definition) is 4. The lowest BCUT2D eigenvalue weighted by Crippen LogP contribution is -1.93. The van der Waals surface area contributed by atoms with E-state index in [9.17, 15) is 14.9 Å². The van der Waals surface area contributed by atoms with Crippen molar-refractivity contribution in [3.63, 3.8) is 0 Å². The average molecular weight is 243 g/mol. The first-order valence-electron chi connectivity index (χ1n) is 5.17. The van der Waals surface area contributed by atoms with Crippen molar-refractivity contribution in [2.75, 3.05) is 0 Å². The zero-order valence-corrected chi connectivity index (χ0v) is 9.28. The van der Waals surface area contributed by atoms with E-state index in [1.54, 1.807) is 30.3 Å². The van der Waals surface area contributed by atoms with E-state index in [4.69, 9.17) is 4.74 Å². The number of aldehydes is 1. The predicted octanol–water partition coefficient (Wildman–Crippen LogP) is 3.20. The molecule has 2 aromatic rings. The summed E-state index contributed by atoms with van der Waals surface area (Å²) >= 11 is 0. The van der Waals surface area contributed by atoms with Crippen molar-refractivity contribution in [1.82, 2.24) is 0 Å². The monoisotopic (exact) mass is 243 g/mol. The number of benzene rings is 2. The van der Waals surface area contributed by atoms with Crippen LogP contribution in [0.1, 0.15) is 10.4 Å². The molecular formula is C13H9NO4. The van der Waals surface area contributed by atoms with Gasteiger partial charge in [-0.2, -0.15) is 0 Å². The maximum atomic E-state index is 10.8. The molecule has 18 heavy (non-hydrogen) atoms. The van der Waals surface area contributed by atoms with E-state index >= 15 is 0 Å². The Balaban J connectivity index is 2.33. The Bertz CT molecular complexity index is 595. The first-order chi connectivity index (χ1) is 8.70. The molecule has 0 radical (unpaired) electrons. The van der Waals surface area contributed by atoms with E-state index in [0.717, 1.165) is 0 Å². The summed E-state index contributed by atoms with van der Waals surface area (Å²) in [7, 11) is 0. The highest BCUT2D eigenvalue weighted by molar-refractivity contribution is 5.75. The molecule has 0 aromatic heterocycles. The first kappa shape index (κ1) is 11.8. The van der Waals surface area contributed by atoms with Gasteiger partial charge in [0.2, 0.25) is 5.75 Å². The predicted molar refractivity (Wildman–Crippen MR) is 65.0 cm³/mol. The third kappa shape index (κ3) is 2.52. The molecule has 0 heterocycles. The topological polar surface area (TPSA) is 69.4 Å². The lowest BCUT2D eigenvalue weighted by molar-refractivity contribution is -0.385. The van der Waals surface area contributed by atoms with Gasteiger partial charge in [-0.15, -0.1) is 0 Å². The molecule has 5 nitrogen and oxygen atoms in total. The number of hydrogen-bond donors (Lipinski definition) is 0. The fourth-order valence-corrected chi connectivity index (χ4v) is 1.47. The largest absolute Gasteiger partial charge is 0.450 e. The average Bonchev–Trinajstić information content (AvgIpc) is 2.39. The van der Waals surface area contributed by atoms with Crippen molar-refractivity contribution in [3.8, 4) is 11.5 Å². The molecule has 0 N–H and O–H groups in total. The molecule has 0 bridgehead atoms. The van der Waals surface area contributed by atoms with Gasteiger partial charge in [-0.25, -0.2) is 0 Å². The molecular weight excluding hydrogens is 234 g/mol. The summed E-state index contributed by atoms with van der Waals surface area (Å²) in [5, 5.41) is 10.8. The fraction of sp³-hybridized carbons (Fsp3) is 0. The Labute approximate surface area is 103 Å². The van der Waals surface area contributed by atoms with Gasteiger partial charge in [0.25, 0.3) is 0 Å². The SMILES string of the molecule is O=Cc1cccc(Oc2ccccc2[N+](=O)[O-])c1. The van der Waals surface area contributed by atoms with E-state index < -0.39 is 4.92 Å². The van der Waals surface area contributed by atoms with Crippen molar-refractivity contribution in [2.45, 2.75) is 0 Å². The smallest absolute Gasteiger partial charge is 0.311 e. The number of carbonyl (C=O) groups excluding carboxylic acids is 1. The summed E-state index contributed by atoms with van der Waals surface area (Å²) in [6, 6.07) is 12.5. The number of ether oxygens (including phenoxy) is 1. The van der Waals surface area contributed by atoms with E-state index in [0.29, 0.717) is 17.6 Å². The summed E-state index contributed by atoms with van der Waals surface area (Å²) in [6.07, 6.45) is 0.687. The van der Waals surface area contributed by atoms with Crippen LogP contribution in [-0.4, -0.2) is 11.2 Å². The highest BCUT2D eigenvalue weighted by Gasteiger charge is 2.14. The number of nitrogens with zero attached hydrogens (tertiary/aromatic N) is 1. The molecule has 0 saturated heterocycles. The zero-order chi connectivity index (χ0) is 13.0. The molecule has 0 aliphatic heterocycles. The van der Waals surface area contributed by atoms with Crippen LogP contribution in [-0.2, 0) is 0 Å². The van der Waals surface area contributed by atoms with Crippen LogP contribution in [0, 0.1) is 10.1 Å². The van der Waals surface area contributed by atoms with Crippen LogP contribution in [0.15, 0.2) is 48.5 Å². The van der Waals surface area contributed by atoms with Gasteiger partial charge < -0.3 is 4.74 Å². The molecule has 0 atom stereocenters. The Morgan fingerprint density at radius 1 is 1.11 bits per heavy atom. The number of nitro benzene ring substituents is 1. The molecule has 5 heteroatoms. The summed E-state index contributed by atoms with van der Waals surface area (Å²) in [4.78, 5) is 20.9. The molecule has 0 aliphatic carbocycles. The summed E-state index contributed by atoms with van der Waals surface area (Å²) < 4.78 is 5.41. The van der Waals surface area contributed by atoms with Gasteiger partial charge in [0, 0.05) is 11.6 Å². The van der Waals surface area contributed by atoms with Crippen LogP contribution in [0.4, 0.5) is 5.69 Å². The molecule has 2 aromatic carbocycles. The second-order valence-corrected chi connectivity index (χ2v) is 3.52. The standard InChI is InChI=1S/C13H9NO4/c15-9-10-4-3-5-11(8-10)18-13-7-2-1-6-12(13)14(16)17/h1-9H. The fourth-order valence-electron chi connectivity index (χ4n) is 1.47. The minimum Gasteiger partial charge on any atom is -0.450 e. The minimum absolute atomic E-state index is 0.117. The molecule has 0 spiro atoms. The summed E-state index contributed by atoms with van der Waals surface area (Å²) in [5.41, 5.74) is 0.333. The van der Waals surface area contributed by atoms with Gasteiger partial charge in [0.05, 0.1) is 4.92 Å². The molecule has 0 saturated carbocycles. The lowest BCUT2D eigenvalue weighted by atomic mass is 10.2. The normalized spacial score (nSPS) is 9.78. The Kier molecular flexibility index (Phi) is 3.33. The van der Waals surface area contributed by atoms with Crippen molar-refractivity contribution in [1.29, 1.82) is 0 Å². The van der Waals surface area contributed by atoms with E-state index in [1.165, 1.54) is 18.2 Å². The second kappa shape index (κ2) is 5.09. The van der Waals surface area contributed by atoms with Crippen molar-refractivity contribution in [2.24, 2.45) is 0 Å². The lowest BCUT2D eigenvalue weighted by Gasteiger charge is -2.06. The van der Waals surface area contributed by atoms with Crippen LogP contribution in [0.3, 0.4) is 0 Å². The van der Waals surface area contributed by atoms with Gasteiger partial charge in [0.1, 0.15) is 12.0 Å². The van der Waals surface area contributed by atoms with Gasteiger partial charge >= 0.3 is 5.69 Å². The Morgan fingerprint density at radius 2 is 1.89 bits per heavy atom. The summed E-state index contributed by atoms with van der Waals surface area (Å²) in [5.74, 6) is 0.527. The molecule has 0 aliphatic rings.